The van der Waals surface area contributed by atoms with Gasteiger partial charge in [-0.2, -0.15) is 0 Å². The molecule has 0 spiro atoms. The van der Waals surface area contributed by atoms with Gasteiger partial charge in [-0.25, -0.2) is 4.39 Å². The average molecular weight is 183 g/mol. The highest BCUT2D eigenvalue weighted by molar-refractivity contribution is 5.31. The van der Waals surface area contributed by atoms with E-state index in [1.165, 1.54) is 19.2 Å². The quantitative estimate of drug-likeness (QED) is 0.776. The van der Waals surface area contributed by atoms with Crippen molar-refractivity contribution in [3.63, 3.8) is 0 Å². The second-order valence-corrected chi connectivity index (χ2v) is 3.06. The summed E-state index contributed by atoms with van der Waals surface area (Å²) in [6, 6.07) is 4.65. The van der Waals surface area contributed by atoms with Crippen LogP contribution in [-0.4, -0.2) is 13.7 Å². The molecule has 0 aliphatic carbocycles. The first-order valence-electron chi connectivity index (χ1n) is 4.22. The molecule has 1 unspecified atom stereocenters. The monoisotopic (exact) mass is 183 g/mol. The van der Waals surface area contributed by atoms with Crippen molar-refractivity contribution in [2.45, 2.75) is 12.8 Å². The Hall–Kier alpha value is -1.09. The van der Waals surface area contributed by atoms with E-state index in [1.54, 1.807) is 6.07 Å². The number of methoxy groups -OCH3 is 1. The minimum Gasteiger partial charge on any atom is -0.497 e. The van der Waals surface area contributed by atoms with E-state index in [-0.39, 0.29) is 11.7 Å². The van der Waals surface area contributed by atoms with E-state index < -0.39 is 0 Å². The molecule has 2 N–H and O–H groups in total. The van der Waals surface area contributed by atoms with Crippen LogP contribution in [0, 0.1) is 5.82 Å². The lowest BCUT2D eigenvalue weighted by Crippen LogP contribution is -2.09. The lowest BCUT2D eigenvalue weighted by atomic mass is 10.0. The van der Waals surface area contributed by atoms with Crippen molar-refractivity contribution in [2.75, 3.05) is 13.7 Å². The molecular weight excluding hydrogens is 169 g/mol. The maximum Gasteiger partial charge on any atom is 0.127 e. The van der Waals surface area contributed by atoms with Crippen LogP contribution in [0.3, 0.4) is 0 Å². The van der Waals surface area contributed by atoms with Crippen molar-refractivity contribution in [3.8, 4) is 5.75 Å². The second-order valence-electron chi connectivity index (χ2n) is 3.06. The lowest BCUT2D eigenvalue weighted by Gasteiger charge is -2.10. The van der Waals surface area contributed by atoms with Crippen LogP contribution in [0.5, 0.6) is 5.75 Å². The molecule has 0 fully saturated rings. The van der Waals surface area contributed by atoms with Crippen LogP contribution in [-0.2, 0) is 0 Å². The highest BCUT2D eigenvalue weighted by atomic mass is 19.1. The number of hydrogen-bond acceptors (Lipinski definition) is 2. The first-order chi connectivity index (χ1) is 6.17. The predicted octanol–water partition coefficient (Wildman–Crippen LogP) is 1.90. The van der Waals surface area contributed by atoms with Gasteiger partial charge in [0, 0.05) is 6.07 Å². The van der Waals surface area contributed by atoms with E-state index in [0.717, 1.165) is 5.56 Å². The van der Waals surface area contributed by atoms with Gasteiger partial charge >= 0.3 is 0 Å². The standard InChI is InChI=1S/C10H14FNO/c1-7(6-12)8-3-9(11)5-10(4-8)13-2/h3-5,7H,6,12H2,1-2H3. The Labute approximate surface area is 77.5 Å². The maximum absolute atomic E-state index is 13.0. The molecule has 0 heterocycles. The van der Waals surface area contributed by atoms with Gasteiger partial charge < -0.3 is 10.5 Å². The fraction of sp³-hybridized carbons (Fsp3) is 0.400. The zero-order valence-corrected chi connectivity index (χ0v) is 7.88. The molecule has 0 aliphatic heterocycles. The summed E-state index contributed by atoms with van der Waals surface area (Å²) in [7, 11) is 1.52. The van der Waals surface area contributed by atoms with Crippen LogP contribution in [0.4, 0.5) is 4.39 Å². The van der Waals surface area contributed by atoms with Gasteiger partial charge in [0.1, 0.15) is 11.6 Å². The third kappa shape index (κ3) is 2.42. The van der Waals surface area contributed by atoms with E-state index in [4.69, 9.17) is 10.5 Å². The molecule has 0 radical (unpaired) electrons. The molecule has 1 aromatic rings. The van der Waals surface area contributed by atoms with Gasteiger partial charge in [-0.15, -0.1) is 0 Å². The summed E-state index contributed by atoms with van der Waals surface area (Å²) in [5.74, 6) is 0.412. The first-order valence-corrected chi connectivity index (χ1v) is 4.22. The van der Waals surface area contributed by atoms with Crippen molar-refractivity contribution < 1.29 is 9.13 Å². The summed E-state index contributed by atoms with van der Waals surface area (Å²) in [5, 5.41) is 0. The third-order valence-corrected chi connectivity index (χ3v) is 2.05. The van der Waals surface area contributed by atoms with Gasteiger partial charge in [-0.3, -0.25) is 0 Å². The Morgan fingerprint density at radius 1 is 1.46 bits per heavy atom. The van der Waals surface area contributed by atoms with Crippen molar-refractivity contribution >= 4 is 0 Å². The summed E-state index contributed by atoms with van der Waals surface area (Å²) in [5.41, 5.74) is 6.36. The van der Waals surface area contributed by atoms with Crippen LogP contribution in [0.2, 0.25) is 0 Å². The molecule has 1 atom stereocenters. The van der Waals surface area contributed by atoms with Crippen molar-refractivity contribution in [1.29, 1.82) is 0 Å². The summed E-state index contributed by atoms with van der Waals surface area (Å²) in [6.45, 7) is 2.46. The Morgan fingerprint density at radius 3 is 2.69 bits per heavy atom. The van der Waals surface area contributed by atoms with E-state index in [0.29, 0.717) is 12.3 Å². The zero-order valence-electron chi connectivity index (χ0n) is 7.88. The minimum absolute atomic E-state index is 0.157. The molecule has 0 aromatic heterocycles. The molecule has 13 heavy (non-hydrogen) atoms. The van der Waals surface area contributed by atoms with Gasteiger partial charge in [0.05, 0.1) is 7.11 Å². The smallest absolute Gasteiger partial charge is 0.127 e. The van der Waals surface area contributed by atoms with Gasteiger partial charge in [-0.1, -0.05) is 6.92 Å². The van der Waals surface area contributed by atoms with Crippen molar-refractivity contribution in [1.82, 2.24) is 0 Å². The highest BCUT2D eigenvalue weighted by Gasteiger charge is 2.06. The van der Waals surface area contributed by atoms with E-state index in [2.05, 4.69) is 0 Å². The Bertz CT molecular complexity index is 288. The van der Waals surface area contributed by atoms with Gasteiger partial charge in [0.2, 0.25) is 0 Å². The lowest BCUT2D eigenvalue weighted by molar-refractivity contribution is 0.410. The summed E-state index contributed by atoms with van der Waals surface area (Å²) in [6.07, 6.45) is 0. The molecule has 3 heteroatoms. The fourth-order valence-corrected chi connectivity index (χ4v) is 1.12. The van der Waals surface area contributed by atoms with Crippen LogP contribution in [0.1, 0.15) is 18.4 Å². The Morgan fingerprint density at radius 2 is 2.15 bits per heavy atom. The van der Waals surface area contributed by atoms with Crippen LogP contribution >= 0.6 is 0 Å². The molecular formula is C10H14FNO. The topological polar surface area (TPSA) is 35.2 Å². The second kappa shape index (κ2) is 4.23. The SMILES string of the molecule is COc1cc(F)cc(C(C)CN)c1. The maximum atomic E-state index is 13.0. The number of halogens is 1. The Kier molecular flexibility index (Phi) is 3.25. The minimum atomic E-state index is -0.283. The number of rotatable bonds is 3. The molecule has 72 valence electrons. The number of benzene rings is 1. The van der Waals surface area contributed by atoms with E-state index in [9.17, 15) is 4.39 Å². The molecule has 1 rings (SSSR count). The largest absolute Gasteiger partial charge is 0.497 e. The molecule has 1 aromatic carbocycles. The summed E-state index contributed by atoms with van der Waals surface area (Å²) < 4.78 is 17.9. The molecule has 0 saturated carbocycles. The number of nitrogens with two attached hydrogens (primary N) is 1. The first kappa shape index (κ1) is 9.99. The molecule has 2 nitrogen and oxygen atoms in total. The third-order valence-electron chi connectivity index (χ3n) is 2.05. The highest BCUT2D eigenvalue weighted by Crippen LogP contribution is 2.21. The number of ether oxygens (including phenoxy) is 1. The summed E-state index contributed by atoms with van der Waals surface area (Å²) in [4.78, 5) is 0. The van der Waals surface area contributed by atoms with Gasteiger partial charge in [0.15, 0.2) is 0 Å². The normalized spacial score (nSPS) is 12.6. The molecule has 0 aliphatic rings. The fourth-order valence-electron chi connectivity index (χ4n) is 1.12. The molecule has 0 bridgehead atoms. The van der Waals surface area contributed by atoms with E-state index >= 15 is 0 Å². The van der Waals surface area contributed by atoms with E-state index in [1.807, 2.05) is 6.92 Å². The molecule has 0 saturated heterocycles. The van der Waals surface area contributed by atoms with Gasteiger partial charge in [-0.05, 0) is 30.2 Å². The average Bonchev–Trinajstić information content (AvgIpc) is 2.15. The van der Waals surface area contributed by atoms with Crippen LogP contribution < -0.4 is 10.5 Å². The Balaban J connectivity index is 3.01. The predicted molar refractivity (Wildman–Crippen MR) is 50.4 cm³/mol. The molecule has 0 amide bonds. The van der Waals surface area contributed by atoms with Crippen LogP contribution in [0.25, 0.3) is 0 Å². The summed E-state index contributed by atoms with van der Waals surface area (Å²) >= 11 is 0. The van der Waals surface area contributed by atoms with Crippen molar-refractivity contribution in [3.05, 3.63) is 29.6 Å². The van der Waals surface area contributed by atoms with Crippen molar-refractivity contribution in [2.24, 2.45) is 5.73 Å². The van der Waals surface area contributed by atoms with Gasteiger partial charge in [0.25, 0.3) is 0 Å². The number of hydrogen-bond donors (Lipinski definition) is 1. The van der Waals surface area contributed by atoms with Crippen LogP contribution in [0.15, 0.2) is 18.2 Å². The zero-order chi connectivity index (χ0) is 9.84.